The fourth-order valence-electron chi connectivity index (χ4n) is 3.60. The highest BCUT2D eigenvalue weighted by molar-refractivity contribution is 6.00. The molecule has 32 heavy (non-hydrogen) atoms. The van der Waals surface area contributed by atoms with Crippen molar-refractivity contribution in [3.05, 3.63) is 71.4 Å². The van der Waals surface area contributed by atoms with E-state index in [0.717, 1.165) is 23.3 Å². The zero-order valence-corrected chi connectivity index (χ0v) is 17.5. The molecular formula is C22H20F2N6O2. The maximum Gasteiger partial charge on any atom is 0.235 e. The van der Waals surface area contributed by atoms with Gasteiger partial charge in [-0.2, -0.15) is 5.10 Å². The molecule has 1 aromatic carbocycles. The van der Waals surface area contributed by atoms with E-state index in [0.29, 0.717) is 34.1 Å². The summed E-state index contributed by atoms with van der Waals surface area (Å²) < 4.78 is 35.7. The second kappa shape index (κ2) is 8.67. The highest BCUT2D eigenvalue weighted by atomic mass is 19.2. The van der Waals surface area contributed by atoms with Crippen molar-refractivity contribution in [3.63, 3.8) is 0 Å². The maximum absolute atomic E-state index is 13.7. The Labute approximate surface area is 182 Å². The molecule has 10 heteroatoms. The maximum atomic E-state index is 13.7. The molecule has 0 unspecified atom stereocenters. The minimum atomic E-state index is -0.940. The lowest BCUT2D eigenvalue weighted by atomic mass is 10.1. The van der Waals surface area contributed by atoms with Gasteiger partial charge in [0.15, 0.2) is 17.3 Å². The van der Waals surface area contributed by atoms with Gasteiger partial charge in [0.05, 0.1) is 12.6 Å². The predicted molar refractivity (Wildman–Crippen MR) is 117 cm³/mol. The van der Waals surface area contributed by atoms with Crippen molar-refractivity contribution < 1.29 is 18.6 Å². The Kier molecular flexibility index (Phi) is 5.78. The smallest absolute Gasteiger partial charge is 0.235 e. The molecule has 0 amide bonds. The molecular weight excluding hydrogens is 418 g/mol. The number of aromatic nitrogens is 4. The first kappa shape index (κ1) is 21.3. The first-order valence-electron chi connectivity index (χ1n) is 9.60. The summed E-state index contributed by atoms with van der Waals surface area (Å²) >= 11 is 0. The van der Waals surface area contributed by atoms with Crippen molar-refractivity contribution in [2.24, 2.45) is 10.1 Å². The summed E-state index contributed by atoms with van der Waals surface area (Å²) in [6.45, 7) is 3.41. The van der Waals surface area contributed by atoms with E-state index in [1.54, 1.807) is 28.7 Å². The molecule has 0 saturated heterocycles. The second-order valence-electron chi connectivity index (χ2n) is 6.88. The summed E-state index contributed by atoms with van der Waals surface area (Å²) in [7, 11) is 3.12. The van der Waals surface area contributed by atoms with E-state index in [1.807, 2.05) is 12.1 Å². The molecule has 4 rings (SSSR count). The van der Waals surface area contributed by atoms with Gasteiger partial charge in [-0.05, 0) is 29.8 Å². The number of methoxy groups -OCH3 is 1. The molecule has 0 atom stereocenters. The Balaban J connectivity index is 1.86. The van der Waals surface area contributed by atoms with Crippen LogP contribution in [0.25, 0.3) is 22.3 Å². The summed E-state index contributed by atoms with van der Waals surface area (Å²) in [4.78, 5) is 13.0. The minimum absolute atomic E-state index is 0.177. The Morgan fingerprint density at radius 3 is 2.69 bits per heavy atom. The molecule has 0 saturated carbocycles. The van der Waals surface area contributed by atoms with Crippen LogP contribution < -0.4 is 0 Å². The zero-order chi connectivity index (χ0) is 22.8. The monoisotopic (exact) mass is 438 g/mol. The van der Waals surface area contributed by atoms with Gasteiger partial charge in [0, 0.05) is 43.8 Å². The van der Waals surface area contributed by atoms with Gasteiger partial charge < -0.3 is 14.4 Å². The fraction of sp³-hybridized carbons (Fsp3) is 0.182. The molecule has 164 valence electrons. The van der Waals surface area contributed by atoms with Crippen LogP contribution in [0.3, 0.4) is 0 Å². The number of fused-ring (bicyclic) bond motifs is 1. The molecule has 1 N–H and O–H groups in total. The van der Waals surface area contributed by atoms with Crippen molar-refractivity contribution in [1.82, 2.24) is 19.2 Å². The van der Waals surface area contributed by atoms with E-state index >= 15 is 0 Å². The highest BCUT2D eigenvalue weighted by Crippen LogP contribution is 2.29. The summed E-state index contributed by atoms with van der Waals surface area (Å²) in [5.74, 6) is -1.14. The van der Waals surface area contributed by atoms with Gasteiger partial charge in [-0.15, -0.1) is 0 Å². The predicted octanol–water partition coefficient (Wildman–Crippen LogP) is 3.21. The molecule has 8 nitrogen and oxygen atoms in total. The van der Waals surface area contributed by atoms with E-state index < -0.39 is 11.6 Å². The first-order valence-corrected chi connectivity index (χ1v) is 9.60. The lowest BCUT2D eigenvalue weighted by Crippen LogP contribution is -2.10. The average Bonchev–Trinajstić information content (AvgIpc) is 3.38. The number of imidazole rings is 1. The molecule has 0 fully saturated rings. The Morgan fingerprint density at radius 2 is 2.03 bits per heavy atom. The molecule has 0 aliphatic rings. The van der Waals surface area contributed by atoms with E-state index in [2.05, 4.69) is 26.8 Å². The van der Waals surface area contributed by atoms with Gasteiger partial charge in [-0.25, -0.2) is 23.4 Å². The van der Waals surface area contributed by atoms with Gasteiger partial charge in [0.2, 0.25) is 5.90 Å². The standard InChI is InChI=1S/C22H20F2N6O2/c1-25-22(32-3)20-15(6-7-30(20)26-2)14-9-18-21(27-10-14)28-19(12-31)29(18)11-13-4-5-16(23)17(24)8-13/h4-10,31H,2,11-12H2,1,3H3/b25-22+. The lowest BCUT2D eigenvalue weighted by molar-refractivity contribution is 0.267. The van der Waals surface area contributed by atoms with Crippen molar-refractivity contribution in [2.45, 2.75) is 13.2 Å². The molecule has 4 aromatic rings. The summed E-state index contributed by atoms with van der Waals surface area (Å²) in [5.41, 5.74) is 3.63. The number of halogens is 2. The molecule has 0 aliphatic carbocycles. The van der Waals surface area contributed by atoms with Crippen molar-refractivity contribution in [2.75, 3.05) is 14.2 Å². The number of nitrogens with zero attached hydrogens (tertiary/aromatic N) is 6. The third-order valence-corrected chi connectivity index (χ3v) is 5.08. The van der Waals surface area contributed by atoms with E-state index in [-0.39, 0.29) is 13.2 Å². The van der Waals surface area contributed by atoms with Crippen LogP contribution in [0.4, 0.5) is 8.78 Å². The quantitative estimate of drug-likeness (QED) is 0.370. The third-order valence-electron chi connectivity index (χ3n) is 5.08. The van der Waals surface area contributed by atoms with Crippen molar-refractivity contribution in [1.29, 1.82) is 0 Å². The van der Waals surface area contributed by atoms with Crippen LogP contribution in [0.2, 0.25) is 0 Å². The number of hydrogen-bond donors (Lipinski definition) is 1. The van der Waals surface area contributed by atoms with Crippen LogP contribution in [-0.2, 0) is 17.9 Å². The number of hydrogen-bond acceptors (Lipinski definition) is 6. The van der Waals surface area contributed by atoms with Crippen LogP contribution in [0.1, 0.15) is 17.1 Å². The topological polar surface area (TPSA) is 89.8 Å². The van der Waals surface area contributed by atoms with E-state index in [9.17, 15) is 13.9 Å². The van der Waals surface area contributed by atoms with Crippen LogP contribution in [0.5, 0.6) is 0 Å². The number of aliphatic imine (C=N–C) groups is 1. The van der Waals surface area contributed by atoms with Gasteiger partial charge in [-0.1, -0.05) is 6.07 Å². The number of aliphatic hydroxyl groups is 1. The summed E-state index contributed by atoms with van der Waals surface area (Å²) in [6, 6.07) is 7.36. The Bertz CT molecular complexity index is 1340. The Morgan fingerprint density at radius 1 is 1.22 bits per heavy atom. The molecule has 3 heterocycles. The molecule has 3 aromatic heterocycles. The largest absolute Gasteiger partial charge is 0.480 e. The van der Waals surface area contributed by atoms with Gasteiger partial charge in [-0.3, -0.25) is 4.99 Å². The van der Waals surface area contributed by atoms with Crippen molar-refractivity contribution >= 4 is 23.8 Å². The Hall–Kier alpha value is -3.92. The van der Waals surface area contributed by atoms with Gasteiger partial charge in [0.1, 0.15) is 18.1 Å². The average molecular weight is 438 g/mol. The highest BCUT2D eigenvalue weighted by Gasteiger charge is 2.19. The van der Waals surface area contributed by atoms with Crippen molar-refractivity contribution in [3.8, 4) is 11.1 Å². The van der Waals surface area contributed by atoms with E-state index in [4.69, 9.17) is 4.74 Å². The minimum Gasteiger partial charge on any atom is -0.480 e. The fourth-order valence-corrected chi connectivity index (χ4v) is 3.60. The summed E-state index contributed by atoms with van der Waals surface area (Å²) in [5, 5.41) is 13.8. The zero-order valence-electron chi connectivity index (χ0n) is 17.5. The molecule has 0 aliphatic heterocycles. The summed E-state index contributed by atoms with van der Waals surface area (Å²) in [6.07, 6.45) is 3.37. The van der Waals surface area contributed by atoms with Crippen LogP contribution in [-0.4, -0.2) is 51.1 Å². The number of ether oxygens (including phenoxy) is 1. The van der Waals surface area contributed by atoms with Gasteiger partial charge >= 0.3 is 0 Å². The number of aliphatic hydroxyl groups excluding tert-OH is 1. The van der Waals surface area contributed by atoms with Gasteiger partial charge in [0.25, 0.3) is 0 Å². The SMILES string of the molecule is C=Nn1ccc(-c2cnc3nc(CO)n(Cc4ccc(F)c(F)c4)c3c2)c1/C(=N\C)OC. The first-order chi connectivity index (χ1) is 15.5. The molecule has 0 spiro atoms. The lowest BCUT2D eigenvalue weighted by Gasteiger charge is -2.11. The molecule has 0 bridgehead atoms. The number of rotatable bonds is 6. The van der Waals surface area contributed by atoms with Crippen LogP contribution >= 0.6 is 0 Å². The molecule has 0 radical (unpaired) electrons. The van der Waals surface area contributed by atoms with Crippen LogP contribution in [0, 0.1) is 11.6 Å². The number of pyridine rings is 1. The van der Waals surface area contributed by atoms with E-state index in [1.165, 1.54) is 13.2 Å². The van der Waals surface area contributed by atoms with Crippen LogP contribution in [0.15, 0.2) is 52.8 Å². The number of benzene rings is 1. The normalized spacial score (nSPS) is 11.8. The second-order valence-corrected chi connectivity index (χ2v) is 6.88. The third kappa shape index (κ3) is 3.65.